The molecule has 0 N–H and O–H groups in total. The van der Waals surface area contributed by atoms with Crippen LogP contribution in [0.5, 0.6) is 0 Å². The van der Waals surface area contributed by atoms with Gasteiger partial charge in [0.05, 0.1) is 0 Å². The van der Waals surface area contributed by atoms with E-state index in [1.165, 1.54) is 28.9 Å². The van der Waals surface area contributed by atoms with Crippen molar-refractivity contribution in [2.75, 3.05) is 4.90 Å². The first-order valence-corrected chi connectivity index (χ1v) is 16.3. The number of hydrogen-bond donors (Lipinski definition) is 0. The van der Waals surface area contributed by atoms with Crippen LogP contribution in [0.25, 0.3) is 0 Å². The fourth-order valence-electron chi connectivity index (χ4n) is 5.21. The van der Waals surface area contributed by atoms with E-state index in [1.54, 1.807) is 0 Å². The van der Waals surface area contributed by atoms with Crippen molar-refractivity contribution in [3.05, 3.63) is 103 Å². The maximum atomic E-state index is 4.97. The van der Waals surface area contributed by atoms with E-state index in [-0.39, 0.29) is 7.43 Å². The minimum atomic E-state index is -1.92. The second-order valence-electron chi connectivity index (χ2n) is 7.73. The number of anilines is 2. The summed E-state index contributed by atoms with van der Waals surface area (Å²) >= 11 is -1.92. The fraction of sp³-hybridized carbons (Fsp3) is 0.240. The number of halogens is 3. The van der Waals surface area contributed by atoms with Gasteiger partial charge in [0.15, 0.2) is 0 Å². The van der Waals surface area contributed by atoms with Gasteiger partial charge in [-0.15, -0.1) is 0 Å². The molecule has 3 aromatic carbocycles. The van der Waals surface area contributed by atoms with E-state index in [2.05, 4.69) is 96.8 Å². The van der Waals surface area contributed by atoms with Gasteiger partial charge in [-0.3, -0.25) is 0 Å². The monoisotopic (exact) mass is 493 g/mol. The topological polar surface area (TPSA) is 3.24 Å². The average molecular weight is 495 g/mol. The van der Waals surface area contributed by atoms with Crippen molar-refractivity contribution in [3.8, 4) is 0 Å². The third-order valence-electron chi connectivity index (χ3n) is 6.13. The molecule has 4 atom stereocenters. The fourth-order valence-corrected chi connectivity index (χ4v) is 5.21. The molecule has 0 radical (unpaired) electrons. The molecule has 5 rings (SSSR count). The van der Waals surface area contributed by atoms with Crippen molar-refractivity contribution in [1.29, 1.82) is 0 Å². The summed E-state index contributed by atoms with van der Waals surface area (Å²) in [5.41, 5.74) is 5.73. The number of nitrogens with zero attached hydrogens (tertiary/aromatic N) is 1. The molecular weight excluding hydrogens is 469 g/mol. The van der Waals surface area contributed by atoms with Gasteiger partial charge in [0.1, 0.15) is 0 Å². The van der Waals surface area contributed by atoms with E-state index in [0.29, 0.717) is 23.8 Å². The molecule has 1 aliphatic carbocycles. The van der Waals surface area contributed by atoms with Gasteiger partial charge in [0, 0.05) is 29.3 Å². The molecule has 1 saturated carbocycles. The zero-order valence-electron chi connectivity index (χ0n) is 17.2. The Morgan fingerprint density at radius 3 is 1.97 bits per heavy atom. The molecular formula is C25H26Cl3NTi. The van der Waals surface area contributed by atoms with Crippen LogP contribution >= 0.6 is 27.9 Å². The van der Waals surface area contributed by atoms with Gasteiger partial charge in [-0.2, -0.15) is 0 Å². The van der Waals surface area contributed by atoms with Gasteiger partial charge in [0.2, 0.25) is 0 Å². The molecule has 2 aliphatic rings. The van der Waals surface area contributed by atoms with Gasteiger partial charge >= 0.3 is 42.6 Å². The predicted octanol–water partition coefficient (Wildman–Crippen LogP) is 8.63. The Morgan fingerprint density at radius 1 is 0.800 bits per heavy atom. The minimum absolute atomic E-state index is 0. The van der Waals surface area contributed by atoms with E-state index < -0.39 is 14.7 Å². The van der Waals surface area contributed by atoms with Crippen LogP contribution in [0, 0.1) is 13.3 Å². The summed E-state index contributed by atoms with van der Waals surface area (Å²) in [6, 6.07) is 31.6. The Morgan fingerprint density at radius 2 is 1.33 bits per heavy atom. The Hall–Kier alpha value is -0.956. The van der Waals surface area contributed by atoms with E-state index in [4.69, 9.17) is 27.9 Å². The number of para-hydroxylation sites is 2. The van der Waals surface area contributed by atoms with Gasteiger partial charge in [-0.25, -0.2) is 0 Å². The Balaban J connectivity index is 0.000000473. The molecule has 4 unspecified atom stereocenters. The van der Waals surface area contributed by atoms with Crippen LogP contribution in [0.4, 0.5) is 11.4 Å². The normalized spacial score (nSPS) is 23.5. The molecule has 5 heteroatoms. The summed E-state index contributed by atoms with van der Waals surface area (Å²) in [6.45, 7) is 2.43. The number of hydrogen-bond acceptors (Lipinski definition) is 1. The average Bonchev–Trinajstić information content (AvgIpc) is 3.21. The van der Waals surface area contributed by atoms with E-state index in [1.807, 2.05) is 0 Å². The Labute approximate surface area is 198 Å². The van der Waals surface area contributed by atoms with E-state index in [0.717, 1.165) is 0 Å². The summed E-state index contributed by atoms with van der Waals surface area (Å²) in [5.74, 6) is 1.88. The maximum absolute atomic E-state index is 4.97. The summed E-state index contributed by atoms with van der Waals surface area (Å²) < 4.78 is 0. The van der Waals surface area contributed by atoms with Gasteiger partial charge in [-0.1, -0.05) is 73.7 Å². The van der Waals surface area contributed by atoms with Crippen LogP contribution in [0.3, 0.4) is 0 Å². The van der Waals surface area contributed by atoms with Crippen molar-refractivity contribution in [1.82, 2.24) is 0 Å². The van der Waals surface area contributed by atoms with E-state index in [9.17, 15) is 0 Å². The summed E-state index contributed by atoms with van der Waals surface area (Å²) in [6.07, 6.45) is 1.27. The van der Waals surface area contributed by atoms with Crippen molar-refractivity contribution in [3.63, 3.8) is 0 Å². The van der Waals surface area contributed by atoms with Crippen molar-refractivity contribution in [2.24, 2.45) is 5.92 Å². The molecule has 1 fully saturated rings. The molecule has 0 saturated heterocycles. The quantitative estimate of drug-likeness (QED) is 0.255. The van der Waals surface area contributed by atoms with E-state index >= 15 is 0 Å². The SMILES string of the molecule is CC1CC2c3ccccc3N(c3ccccc3)C2C1c1ccccc1.[CH3-].[Cl][Ti+]([Cl])[Cl]. The second kappa shape index (κ2) is 10.6. The molecule has 1 aliphatic heterocycles. The van der Waals surface area contributed by atoms with Crippen LogP contribution in [-0.2, 0) is 14.7 Å². The number of benzene rings is 3. The molecule has 30 heavy (non-hydrogen) atoms. The molecule has 156 valence electrons. The van der Waals surface area contributed by atoms with Gasteiger partial charge in [0.25, 0.3) is 0 Å². The zero-order chi connectivity index (χ0) is 20.4. The summed E-state index contributed by atoms with van der Waals surface area (Å²) in [7, 11) is 14.9. The Kier molecular flexibility index (Phi) is 8.35. The molecule has 0 aromatic heterocycles. The van der Waals surface area contributed by atoms with Crippen LogP contribution in [0.15, 0.2) is 84.9 Å². The van der Waals surface area contributed by atoms with Crippen molar-refractivity contribution >= 4 is 39.3 Å². The zero-order valence-corrected chi connectivity index (χ0v) is 21.0. The Bertz CT molecular complexity index is 933. The van der Waals surface area contributed by atoms with Crippen molar-refractivity contribution < 1.29 is 14.7 Å². The first-order valence-electron chi connectivity index (χ1n) is 9.89. The third-order valence-corrected chi connectivity index (χ3v) is 6.13. The summed E-state index contributed by atoms with van der Waals surface area (Å²) in [5, 5.41) is 0. The third kappa shape index (κ3) is 4.77. The first-order chi connectivity index (χ1) is 14.1. The predicted molar refractivity (Wildman–Crippen MR) is 128 cm³/mol. The molecule has 1 heterocycles. The van der Waals surface area contributed by atoms with Crippen molar-refractivity contribution in [2.45, 2.75) is 31.2 Å². The van der Waals surface area contributed by atoms with Gasteiger partial charge in [-0.05, 0) is 41.7 Å². The molecule has 1 nitrogen and oxygen atoms in total. The van der Waals surface area contributed by atoms with Crippen LogP contribution < -0.4 is 4.90 Å². The van der Waals surface area contributed by atoms with Crippen LogP contribution in [0.1, 0.15) is 36.3 Å². The molecule has 0 bridgehead atoms. The molecule has 3 aromatic rings. The number of rotatable bonds is 2. The molecule has 0 spiro atoms. The standard InChI is InChI=1S/C24H23N.CH3.3ClH.Ti/c1-17-16-21-20-14-8-9-15-22(20)25(19-12-6-3-7-13-19)24(21)23(17)18-10-4-2-5-11-18;;;;;/h2-15,17,21,23-24H,16H2,1H3;1H3;3*1H;/q;-1;;;;+4/p-3. The summed E-state index contributed by atoms with van der Waals surface area (Å²) in [4.78, 5) is 2.61. The second-order valence-corrected chi connectivity index (χ2v) is 15.5. The number of fused-ring (bicyclic) bond motifs is 3. The molecule has 0 amide bonds. The van der Waals surface area contributed by atoms with Crippen LogP contribution in [0.2, 0.25) is 0 Å². The van der Waals surface area contributed by atoms with Crippen LogP contribution in [-0.4, -0.2) is 6.04 Å². The first kappa shape index (κ1) is 23.7. The van der Waals surface area contributed by atoms with Gasteiger partial charge < -0.3 is 12.3 Å².